The average Bonchev–Trinajstić information content (AvgIpc) is 2.37. The molecule has 1 nitrogen and oxygen atoms in total. The zero-order chi connectivity index (χ0) is 14.0. The normalized spacial score (nSPS) is 12.3. The van der Waals surface area contributed by atoms with E-state index in [4.69, 9.17) is 16.3 Å². The van der Waals surface area contributed by atoms with Crippen molar-refractivity contribution in [1.29, 1.82) is 0 Å². The molecule has 100 valence electrons. The maximum Gasteiger partial charge on any atom is 0.124 e. The molecule has 2 aromatic carbocycles. The Morgan fingerprint density at radius 3 is 2.42 bits per heavy atom. The van der Waals surface area contributed by atoms with Crippen LogP contribution < -0.4 is 4.74 Å². The van der Waals surface area contributed by atoms with Crippen molar-refractivity contribution < 1.29 is 9.13 Å². The predicted molar refractivity (Wildman–Crippen MR) is 84.5 cm³/mol. The van der Waals surface area contributed by atoms with Gasteiger partial charge >= 0.3 is 0 Å². The van der Waals surface area contributed by atoms with Gasteiger partial charge in [-0.15, -0.1) is 11.6 Å². The third-order valence-corrected chi connectivity index (χ3v) is 4.39. The molecule has 0 spiro atoms. The molecule has 19 heavy (non-hydrogen) atoms. The summed E-state index contributed by atoms with van der Waals surface area (Å²) in [4.78, 5) is 0. The maximum absolute atomic E-state index is 13.1. The Bertz CT molecular complexity index is 601. The van der Waals surface area contributed by atoms with E-state index in [1.54, 1.807) is 13.2 Å². The number of hydrogen-bond acceptors (Lipinski definition) is 1. The number of halogens is 3. The molecule has 0 aliphatic heterocycles. The smallest absolute Gasteiger partial charge is 0.124 e. The van der Waals surface area contributed by atoms with Crippen LogP contribution in [0.5, 0.6) is 5.75 Å². The third kappa shape index (κ3) is 3.20. The van der Waals surface area contributed by atoms with Gasteiger partial charge in [0.05, 0.1) is 12.5 Å². The minimum Gasteiger partial charge on any atom is -0.497 e. The lowest BCUT2D eigenvalue weighted by Gasteiger charge is -2.15. The van der Waals surface area contributed by atoms with E-state index in [0.717, 1.165) is 26.0 Å². The zero-order valence-corrected chi connectivity index (χ0v) is 13.5. The summed E-state index contributed by atoms with van der Waals surface area (Å²) in [5, 5.41) is -0.293. The molecule has 0 saturated heterocycles. The Morgan fingerprint density at radius 2 is 1.84 bits per heavy atom. The van der Waals surface area contributed by atoms with Gasteiger partial charge in [0.25, 0.3) is 0 Å². The van der Waals surface area contributed by atoms with Crippen molar-refractivity contribution in [2.75, 3.05) is 7.11 Å². The average molecular weight is 391 g/mol. The molecule has 1 unspecified atom stereocenters. The summed E-state index contributed by atoms with van der Waals surface area (Å²) in [6.45, 7) is 1.99. The van der Waals surface area contributed by atoms with Gasteiger partial charge in [0.15, 0.2) is 0 Å². The van der Waals surface area contributed by atoms with Crippen molar-refractivity contribution in [2.45, 2.75) is 12.3 Å². The highest BCUT2D eigenvalue weighted by Crippen LogP contribution is 2.35. The number of rotatable bonds is 3. The largest absolute Gasteiger partial charge is 0.497 e. The molecule has 2 aromatic rings. The first kappa shape index (κ1) is 14.6. The summed E-state index contributed by atoms with van der Waals surface area (Å²) < 4.78 is 19.1. The second-order valence-corrected chi connectivity index (χ2v) is 5.85. The highest BCUT2D eigenvalue weighted by Gasteiger charge is 2.16. The van der Waals surface area contributed by atoms with Gasteiger partial charge in [-0.25, -0.2) is 4.39 Å². The minimum absolute atomic E-state index is 0.247. The van der Waals surface area contributed by atoms with Crippen LogP contribution in [-0.4, -0.2) is 7.11 Å². The fourth-order valence-electron chi connectivity index (χ4n) is 1.93. The molecule has 0 aromatic heterocycles. The topological polar surface area (TPSA) is 9.23 Å². The van der Waals surface area contributed by atoms with Crippen LogP contribution in [0.15, 0.2) is 36.4 Å². The maximum atomic E-state index is 13.1. The van der Waals surface area contributed by atoms with E-state index in [0.29, 0.717) is 0 Å². The Kier molecular flexibility index (Phi) is 4.68. The molecule has 1 atom stereocenters. The van der Waals surface area contributed by atoms with Gasteiger partial charge < -0.3 is 4.74 Å². The molecular formula is C15H13ClFIO. The highest BCUT2D eigenvalue weighted by molar-refractivity contribution is 14.1. The summed E-state index contributed by atoms with van der Waals surface area (Å²) >= 11 is 8.63. The van der Waals surface area contributed by atoms with E-state index in [9.17, 15) is 4.39 Å². The lowest BCUT2D eigenvalue weighted by Crippen LogP contribution is -2.00. The Labute approximate surface area is 130 Å². The molecule has 0 fully saturated rings. The van der Waals surface area contributed by atoms with Gasteiger partial charge in [-0.3, -0.25) is 0 Å². The van der Waals surface area contributed by atoms with E-state index in [1.807, 2.05) is 25.1 Å². The molecule has 0 amide bonds. The summed E-state index contributed by atoms with van der Waals surface area (Å²) in [6, 6.07) is 10.4. The molecule has 0 N–H and O–H groups in total. The molecule has 4 heteroatoms. The highest BCUT2D eigenvalue weighted by atomic mass is 127. The van der Waals surface area contributed by atoms with Crippen LogP contribution in [0.3, 0.4) is 0 Å². The van der Waals surface area contributed by atoms with Crippen molar-refractivity contribution in [2.24, 2.45) is 0 Å². The summed E-state index contributed by atoms with van der Waals surface area (Å²) in [6.07, 6.45) is 0. The van der Waals surface area contributed by atoms with Crippen LogP contribution >= 0.6 is 34.2 Å². The van der Waals surface area contributed by atoms with Crippen LogP contribution in [0.1, 0.15) is 22.1 Å². The second kappa shape index (κ2) is 6.09. The molecule has 0 saturated carbocycles. The van der Waals surface area contributed by atoms with Gasteiger partial charge in [-0.2, -0.15) is 0 Å². The lowest BCUT2D eigenvalue weighted by atomic mass is 10.00. The quantitative estimate of drug-likeness (QED) is 0.525. The standard InChI is InChI=1S/C15H13ClFIO/c1-9-7-11(19-2)4-6-12(9)15(16)13-5-3-10(17)8-14(13)18/h3-8,15H,1-2H3. The van der Waals surface area contributed by atoms with E-state index in [1.165, 1.54) is 12.1 Å². The van der Waals surface area contributed by atoms with Crippen LogP contribution in [-0.2, 0) is 0 Å². The van der Waals surface area contributed by atoms with Crippen molar-refractivity contribution in [3.8, 4) is 5.75 Å². The van der Waals surface area contributed by atoms with Crippen molar-refractivity contribution in [3.63, 3.8) is 0 Å². The summed E-state index contributed by atoms with van der Waals surface area (Å²) in [5.74, 6) is 0.558. The van der Waals surface area contributed by atoms with Crippen LogP contribution in [0.2, 0.25) is 0 Å². The number of methoxy groups -OCH3 is 1. The number of aryl methyl sites for hydroxylation is 1. The minimum atomic E-state index is -0.293. The number of benzene rings is 2. The van der Waals surface area contributed by atoms with Crippen LogP contribution in [0.25, 0.3) is 0 Å². The van der Waals surface area contributed by atoms with E-state index in [-0.39, 0.29) is 11.2 Å². The summed E-state index contributed by atoms with van der Waals surface area (Å²) in [7, 11) is 1.63. The SMILES string of the molecule is COc1ccc(C(Cl)c2ccc(F)cc2I)c(C)c1. The molecule has 0 aliphatic rings. The van der Waals surface area contributed by atoms with E-state index in [2.05, 4.69) is 22.6 Å². The first-order chi connectivity index (χ1) is 9.02. The van der Waals surface area contributed by atoms with Crippen LogP contribution in [0, 0.1) is 16.3 Å². The van der Waals surface area contributed by atoms with Gasteiger partial charge in [0, 0.05) is 3.57 Å². The van der Waals surface area contributed by atoms with Crippen molar-refractivity contribution >= 4 is 34.2 Å². The first-order valence-electron chi connectivity index (χ1n) is 5.76. The molecule has 0 heterocycles. The van der Waals surface area contributed by atoms with Gasteiger partial charge in [-0.1, -0.05) is 12.1 Å². The van der Waals surface area contributed by atoms with Gasteiger partial charge in [0.2, 0.25) is 0 Å². The summed E-state index contributed by atoms with van der Waals surface area (Å²) in [5.41, 5.74) is 2.98. The van der Waals surface area contributed by atoms with E-state index < -0.39 is 0 Å². The first-order valence-corrected chi connectivity index (χ1v) is 7.28. The van der Waals surface area contributed by atoms with Crippen molar-refractivity contribution in [3.05, 3.63) is 62.5 Å². The fraction of sp³-hybridized carbons (Fsp3) is 0.200. The van der Waals surface area contributed by atoms with Crippen molar-refractivity contribution in [1.82, 2.24) is 0 Å². The Morgan fingerprint density at radius 1 is 1.16 bits per heavy atom. The molecule has 2 rings (SSSR count). The monoisotopic (exact) mass is 390 g/mol. The zero-order valence-electron chi connectivity index (χ0n) is 10.6. The Balaban J connectivity index is 2.41. The number of hydrogen-bond donors (Lipinski definition) is 0. The lowest BCUT2D eigenvalue weighted by molar-refractivity contribution is 0.414. The molecule has 0 aliphatic carbocycles. The second-order valence-electron chi connectivity index (χ2n) is 4.25. The van der Waals surface area contributed by atoms with Crippen LogP contribution in [0.4, 0.5) is 4.39 Å². The van der Waals surface area contributed by atoms with Gasteiger partial charge in [0.1, 0.15) is 11.6 Å². The number of alkyl halides is 1. The number of ether oxygens (including phenoxy) is 1. The molecular weight excluding hydrogens is 378 g/mol. The third-order valence-electron chi connectivity index (χ3n) is 2.99. The van der Waals surface area contributed by atoms with E-state index >= 15 is 0 Å². The fourth-order valence-corrected chi connectivity index (χ4v) is 3.34. The predicted octanol–water partition coefficient (Wildman–Crippen LogP) is 5.08. The Hall–Kier alpha value is -0.810. The molecule has 0 radical (unpaired) electrons. The molecule has 0 bridgehead atoms. The van der Waals surface area contributed by atoms with Gasteiger partial charge in [-0.05, 0) is 70.5 Å².